The van der Waals surface area contributed by atoms with Gasteiger partial charge in [-0.1, -0.05) is 0 Å². The zero-order valence-electron chi connectivity index (χ0n) is 13.2. The normalized spacial score (nSPS) is 10.2. The van der Waals surface area contributed by atoms with Crippen LogP contribution in [0.3, 0.4) is 0 Å². The van der Waals surface area contributed by atoms with E-state index in [0.29, 0.717) is 0 Å². The number of rotatable bonds is 15. The molecule has 0 fully saturated rings. The van der Waals surface area contributed by atoms with Gasteiger partial charge in [0.1, 0.15) is 13.2 Å². The Balaban J connectivity index is 3.28. The monoisotopic (exact) mass is 350 g/mol. The lowest BCUT2D eigenvalue weighted by atomic mass is 10.3. The molecule has 0 aliphatic heterocycles. The number of carboxylic acids is 2. The second-order valence-corrected chi connectivity index (χ2v) is 4.45. The number of carbonyl (C=O) groups excluding carboxylic acids is 2. The molecule has 0 aromatic rings. The van der Waals surface area contributed by atoms with Crippen LogP contribution in [0.2, 0.25) is 0 Å². The second kappa shape index (κ2) is 14.4. The summed E-state index contributed by atoms with van der Waals surface area (Å²) < 4.78 is 19.7. The van der Waals surface area contributed by atoms with Gasteiger partial charge in [0, 0.05) is 0 Å². The van der Waals surface area contributed by atoms with Crippen LogP contribution in [-0.2, 0) is 38.1 Å². The summed E-state index contributed by atoms with van der Waals surface area (Å²) >= 11 is 0. The third-order valence-electron chi connectivity index (χ3n) is 2.44. The van der Waals surface area contributed by atoms with Crippen LogP contribution in [-0.4, -0.2) is 73.7 Å². The van der Waals surface area contributed by atoms with Crippen molar-refractivity contribution in [3.8, 4) is 0 Å². The van der Waals surface area contributed by atoms with E-state index >= 15 is 0 Å². The van der Waals surface area contributed by atoms with Crippen molar-refractivity contribution in [1.29, 1.82) is 0 Å². The van der Waals surface area contributed by atoms with Gasteiger partial charge in [-0.15, -0.1) is 0 Å². The molecule has 24 heavy (non-hydrogen) atoms. The van der Waals surface area contributed by atoms with Gasteiger partial charge in [-0.05, 0) is 0 Å². The van der Waals surface area contributed by atoms with Crippen LogP contribution < -0.4 is 0 Å². The molecule has 0 bridgehead atoms. The third-order valence-corrected chi connectivity index (χ3v) is 2.44. The molecule has 138 valence electrons. The summed E-state index contributed by atoms with van der Waals surface area (Å²) in [5.41, 5.74) is 0. The number of carbonyl (C=O) groups is 4. The average molecular weight is 350 g/mol. The van der Waals surface area contributed by atoms with Crippen molar-refractivity contribution in [2.24, 2.45) is 0 Å². The molecule has 0 saturated heterocycles. The molecule has 0 atom stereocenters. The van der Waals surface area contributed by atoms with Crippen molar-refractivity contribution in [3.05, 3.63) is 0 Å². The Bertz CT molecular complexity index is 368. The zero-order valence-corrected chi connectivity index (χ0v) is 13.2. The predicted octanol–water partition coefficient (Wildman–Crippen LogP) is -0.164. The summed E-state index contributed by atoms with van der Waals surface area (Å²) in [4.78, 5) is 42.6. The van der Waals surface area contributed by atoms with Crippen molar-refractivity contribution in [3.63, 3.8) is 0 Å². The minimum Gasteiger partial charge on any atom is -0.481 e. The first kappa shape index (κ1) is 21.8. The van der Waals surface area contributed by atoms with Crippen molar-refractivity contribution >= 4 is 23.9 Å². The number of aliphatic carboxylic acids is 2. The molecule has 0 radical (unpaired) electrons. The van der Waals surface area contributed by atoms with Gasteiger partial charge in [0.25, 0.3) is 0 Å². The van der Waals surface area contributed by atoms with Gasteiger partial charge in [-0.2, -0.15) is 0 Å². The highest BCUT2D eigenvalue weighted by atomic mass is 16.6. The Morgan fingerprint density at radius 3 is 1.21 bits per heavy atom. The number of esters is 2. The lowest BCUT2D eigenvalue weighted by Crippen LogP contribution is -2.15. The van der Waals surface area contributed by atoms with Crippen LogP contribution in [0.5, 0.6) is 0 Å². The van der Waals surface area contributed by atoms with Crippen LogP contribution in [0.15, 0.2) is 0 Å². The smallest absolute Gasteiger partial charge is 0.306 e. The lowest BCUT2D eigenvalue weighted by Gasteiger charge is -2.07. The number of carboxylic acid groups (broad SMARTS) is 2. The van der Waals surface area contributed by atoms with Crippen LogP contribution in [0.25, 0.3) is 0 Å². The maximum atomic E-state index is 11.1. The highest BCUT2D eigenvalue weighted by Gasteiger charge is 2.07. The lowest BCUT2D eigenvalue weighted by molar-refractivity contribution is -0.149. The fourth-order valence-corrected chi connectivity index (χ4v) is 1.31. The predicted molar refractivity (Wildman–Crippen MR) is 77.3 cm³/mol. The van der Waals surface area contributed by atoms with Crippen molar-refractivity contribution in [1.82, 2.24) is 0 Å². The molecule has 0 rings (SSSR count). The van der Waals surface area contributed by atoms with Crippen LogP contribution >= 0.6 is 0 Å². The summed E-state index contributed by atoms with van der Waals surface area (Å²) in [6.07, 6.45) is -0.893. The highest BCUT2D eigenvalue weighted by Crippen LogP contribution is 1.94. The van der Waals surface area contributed by atoms with Gasteiger partial charge in [0.05, 0.1) is 52.1 Å². The van der Waals surface area contributed by atoms with Crippen molar-refractivity contribution in [2.45, 2.75) is 25.7 Å². The van der Waals surface area contributed by atoms with Crippen LogP contribution in [0.4, 0.5) is 0 Å². The molecule has 10 nitrogen and oxygen atoms in total. The minimum atomic E-state index is -1.06. The SMILES string of the molecule is O=C(O)CCC(=O)OCCOCCOCCOC(=O)CCC(=O)O. The van der Waals surface area contributed by atoms with E-state index in [0.717, 1.165) is 0 Å². The molecule has 0 spiro atoms. The zero-order chi connectivity index (χ0) is 18.2. The molecule has 0 aromatic heterocycles. The Labute approximate surface area is 138 Å². The van der Waals surface area contributed by atoms with E-state index in [2.05, 4.69) is 0 Å². The number of ether oxygens (including phenoxy) is 4. The van der Waals surface area contributed by atoms with Crippen LogP contribution in [0, 0.1) is 0 Å². The standard InChI is InChI=1S/C14H22O10/c15-11(16)1-3-13(19)23-9-7-21-5-6-22-8-10-24-14(20)4-2-12(17)18/h1-10H2,(H,15,16)(H,17,18). The van der Waals surface area contributed by atoms with Gasteiger partial charge < -0.3 is 29.2 Å². The second-order valence-electron chi connectivity index (χ2n) is 4.45. The molecule has 0 aliphatic carbocycles. The topological polar surface area (TPSA) is 146 Å². The molecule has 0 aliphatic rings. The summed E-state index contributed by atoms with van der Waals surface area (Å²) in [6.45, 7) is 0.872. The van der Waals surface area contributed by atoms with Crippen molar-refractivity contribution < 1.29 is 48.3 Å². The van der Waals surface area contributed by atoms with Crippen LogP contribution in [0.1, 0.15) is 25.7 Å². The maximum Gasteiger partial charge on any atom is 0.306 e. The number of hydrogen-bond acceptors (Lipinski definition) is 8. The van der Waals surface area contributed by atoms with Gasteiger partial charge in [-0.25, -0.2) is 0 Å². The first-order valence-corrected chi connectivity index (χ1v) is 7.32. The van der Waals surface area contributed by atoms with E-state index in [-0.39, 0.29) is 65.3 Å². The third kappa shape index (κ3) is 16.2. The molecular weight excluding hydrogens is 328 g/mol. The molecule has 10 heteroatoms. The Morgan fingerprint density at radius 1 is 0.542 bits per heavy atom. The molecule has 0 saturated carbocycles. The van der Waals surface area contributed by atoms with E-state index in [4.69, 9.17) is 29.2 Å². The molecule has 0 unspecified atom stereocenters. The first-order chi connectivity index (χ1) is 11.4. The fraction of sp³-hybridized carbons (Fsp3) is 0.714. The molecule has 0 aromatic carbocycles. The number of hydrogen-bond donors (Lipinski definition) is 2. The Morgan fingerprint density at radius 2 is 0.875 bits per heavy atom. The van der Waals surface area contributed by atoms with Gasteiger partial charge in [0.2, 0.25) is 0 Å². The molecule has 0 heterocycles. The van der Waals surface area contributed by atoms with Gasteiger partial charge in [-0.3, -0.25) is 19.2 Å². The summed E-state index contributed by atoms with van der Waals surface area (Å²) in [7, 11) is 0. The van der Waals surface area contributed by atoms with Gasteiger partial charge in [0.15, 0.2) is 0 Å². The molecule has 2 N–H and O–H groups in total. The Kier molecular flexibility index (Phi) is 13.1. The minimum absolute atomic E-state index is 0.0274. The van der Waals surface area contributed by atoms with E-state index < -0.39 is 23.9 Å². The molecule has 0 amide bonds. The molecular formula is C14H22O10. The van der Waals surface area contributed by atoms with E-state index in [1.807, 2.05) is 0 Å². The fourth-order valence-electron chi connectivity index (χ4n) is 1.31. The average Bonchev–Trinajstić information content (AvgIpc) is 2.52. The maximum absolute atomic E-state index is 11.1. The summed E-state index contributed by atoms with van der Waals surface area (Å²) in [5.74, 6) is -3.32. The van der Waals surface area contributed by atoms with E-state index in [1.54, 1.807) is 0 Å². The first-order valence-electron chi connectivity index (χ1n) is 7.32. The summed E-state index contributed by atoms with van der Waals surface area (Å²) in [6, 6.07) is 0. The largest absolute Gasteiger partial charge is 0.481 e. The highest BCUT2D eigenvalue weighted by molar-refractivity contribution is 5.77. The van der Waals surface area contributed by atoms with E-state index in [1.165, 1.54) is 0 Å². The van der Waals surface area contributed by atoms with E-state index in [9.17, 15) is 19.2 Å². The summed E-state index contributed by atoms with van der Waals surface area (Å²) in [5, 5.41) is 16.7. The quantitative estimate of drug-likeness (QED) is 0.301. The Hall–Kier alpha value is -2.20. The van der Waals surface area contributed by atoms with Crippen molar-refractivity contribution in [2.75, 3.05) is 39.6 Å². The van der Waals surface area contributed by atoms with Gasteiger partial charge >= 0.3 is 23.9 Å².